The number of ether oxygens (including phenoxy) is 1. The van der Waals surface area contributed by atoms with E-state index in [0.717, 1.165) is 31.7 Å². The zero-order chi connectivity index (χ0) is 12.8. The summed E-state index contributed by atoms with van der Waals surface area (Å²) in [6, 6.07) is 8.15. The first kappa shape index (κ1) is 12.9. The molecule has 18 heavy (non-hydrogen) atoms. The van der Waals surface area contributed by atoms with E-state index in [-0.39, 0.29) is 6.42 Å². The van der Waals surface area contributed by atoms with Crippen LogP contribution in [-0.4, -0.2) is 30.8 Å². The van der Waals surface area contributed by atoms with Gasteiger partial charge in [-0.25, -0.2) is 0 Å². The molecule has 1 aromatic rings. The molecule has 0 fully saturated rings. The Labute approximate surface area is 107 Å². The van der Waals surface area contributed by atoms with Gasteiger partial charge in [0.25, 0.3) is 0 Å². The Bertz CT molecular complexity index is 406. The van der Waals surface area contributed by atoms with Crippen LogP contribution in [0.4, 0.5) is 0 Å². The van der Waals surface area contributed by atoms with Crippen LogP contribution in [0.3, 0.4) is 0 Å². The Kier molecular flexibility index (Phi) is 4.59. The molecule has 2 N–H and O–H groups in total. The van der Waals surface area contributed by atoms with Gasteiger partial charge in [0.2, 0.25) is 0 Å². The number of rotatable bonds is 6. The number of aliphatic carboxylic acids is 1. The van der Waals surface area contributed by atoms with Crippen LogP contribution in [0.25, 0.3) is 0 Å². The lowest BCUT2D eigenvalue weighted by atomic mass is 9.94. The van der Waals surface area contributed by atoms with Crippen LogP contribution in [0.15, 0.2) is 24.3 Å². The summed E-state index contributed by atoms with van der Waals surface area (Å²) in [4.78, 5) is 10.3. The van der Waals surface area contributed by atoms with Crippen LogP contribution >= 0.6 is 0 Å². The van der Waals surface area contributed by atoms with Crippen molar-refractivity contribution in [3.63, 3.8) is 0 Å². The smallest absolute Gasteiger partial charge is 0.304 e. The topological polar surface area (TPSA) is 58.6 Å². The average molecular weight is 249 g/mol. The van der Waals surface area contributed by atoms with Gasteiger partial charge in [-0.3, -0.25) is 4.79 Å². The lowest BCUT2D eigenvalue weighted by molar-refractivity contribution is -0.136. The average Bonchev–Trinajstić information content (AvgIpc) is 2.38. The maximum atomic E-state index is 10.3. The minimum Gasteiger partial charge on any atom is -0.493 e. The largest absolute Gasteiger partial charge is 0.493 e. The summed E-state index contributed by atoms with van der Waals surface area (Å²) >= 11 is 0. The molecule has 0 saturated heterocycles. The van der Waals surface area contributed by atoms with Crippen LogP contribution in [-0.2, 0) is 11.2 Å². The summed E-state index contributed by atoms with van der Waals surface area (Å²) in [6.07, 6.45) is 2.26. The van der Waals surface area contributed by atoms with Crippen LogP contribution in [0.2, 0.25) is 0 Å². The fourth-order valence-electron chi connectivity index (χ4n) is 2.20. The van der Waals surface area contributed by atoms with Crippen molar-refractivity contribution >= 4 is 5.97 Å². The van der Waals surface area contributed by atoms with Crippen molar-refractivity contribution < 1.29 is 14.6 Å². The molecule has 1 atom stereocenters. The maximum absolute atomic E-state index is 10.3. The standard InChI is InChI=1S/C14H19NO3/c16-14(17)6-8-15-7-5-11-9-12-3-1-2-4-13(12)18-10-11/h1-4,11,15H,5-10H2,(H,16,17)/t11-/m0/s1. The second-order valence-electron chi connectivity index (χ2n) is 4.67. The van der Waals surface area contributed by atoms with Crippen molar-refractivity contribution in [1.29, 1.82) is 0 Å². The van der Waals surface area contributed by atoms with Gasteiger partial charge in [-0.1, -0.05) is 18.2 Å². The van der Waals surface area contributed by atoms with Gasteiger partial charge in [0.15, 0.2) is 0 Å². The van der Waals surface area contributed by atoms with E-state index < -0.39 is 5.97 Å². The van der Waals surface area contributed by atoms with Gasteiger partial charge in [0.1, 0.15) is 5.75 Å². The molecular formula is C14H19NO3. The predicted octanol–water partition coefficient (Wildman–Crippen LogP) is 1.69. The van der Waals surface area contributed by atoms with Crippen LogP contribution in [0.5, 0.6) is 5.75 Å². The lowest BCUT2D eigenvalue weighted by Gasteiger charge is -2.25. The SMILES string of the molecule is O=C(O)CCNCC[C@@H]1COc2ccccc2C1. The molecule has 1 heterocycles. The maximum Gasteiger partial charge on any atom is 0.304 e. The van der Waals surface area contributed by atoms with E-state index in [1.54, 1.807) is 0 Å². The Morgan fingerprint density at radius 2 is 2.22 bits per heavy atom. The molecule has 4 heteroatoms. The van der Waals surface area contributed by atoms with E-state index in [1.165, 1.54) is 5.56 Å². The van der Waals surface area contributed by atoms with E-state index in [9.17, 15) is 4.79 Å². The Morgan fingerprint density at radius 3 is 3.06 bits per heavy atom. The van der Waals surface area contributed by atoms with Crippen molar-refractivity contribution in [3.8, 4) is 5.75 Å². The van der Waals surface area contributed by atoms with E-state index in [1.807, 2.05) is 18.2 Å². The Hall–Kier alpha value is -1.55. The van der Waals surface area contributed by atoms with Crippen molar-refractivity contribution in [2.75, 3.05) is 19.7 Å². The van der Waals surface area contributed by atoms with E-state index >= 15 is 0 Å². The molecule has 1 aromatic carbocycles. The molecule has 0 aliphatic carbocycles. The van der Waals surface area contributed by atoms with Gasteiger partial charge in [-0.15, -0.1) is 0 Å². The summed E-state index contributed by atoms with van der Waals surface area (Å²) in [6.45, 7) is 2.15. The molecular weight excluding hydrogens is 230 g/mol. The number of hydrogen-bond donors (Lipinski definition) is 2. The van der Waals surface area contributed by atoms with Crippen molar-refractivity contribution in [3.05, 3.63) is 29.8 Å². The highest BCUT2D eigenvalue weighted by Crippen LogP contribution is 2.27. The fraction of sp³-hybridized carbons (Fsp3) is 0.500. The van der Waals surface area contributed by atoms with Gasteiger partial charge < -0.3 is 15.2 Å². The molecule has 1 aliphatic rings. The summed E-state index contributed by atoms with van der Waals surface area (Å²) in [5, 5.41) is 11.7. The number of para-hydroxylation sites is 1. The molecule has 1 aliphatic heterocycles. The molecule has 4 nitrogen and oxygen atoms in total. The van der Waals surface area contributed by atoms with Gasteiger partial charge in [-0.05, 0) is 36.9 Å². The zero-order valence-electron chi connectivity index (χ0n) is 10.4. The van der Waals surface area contributed by atoms with Crippen molar-refractivity contribution in [1.82, 2.24) is 5.32 Å². The van der Waals surface area contributed by atoms with Gasteiger partial charge >= 0.3 is 5.97 Å². The minimum atomic E-state index is -0.752. The highest BCUT2D eigenvalue weighted by molar-refractivity contribution is 5.66. The summed E-state index contributed by atoms with van der Waals surface area (Å²) in [7, 11) is 0. The van der Waals surface area contributed by atoms with E-state index in [4.69, 9.17) is 9.84 Å². The van der Waals surface area contributed by atoms with E-state index in [2.05, 4.69) is 11.4 Å². The highest BCUT2D eigenvalue weighted by atomic mass is 16.5. The third-order valence-electron chi connectivity index (χ3n) is 3.20. The van der Waals surface area contributed by atoms with Gasteiger partial charge in [-0.2, -0.15) is 0 Å². The number of carboxylic acids is 1. The summed E-state index contributed by atoms with van der Waals surface area (Å²) in [5.74, 6) is 0.780. The zero-order valence-corrected chi connectivity index (χ0v) is 10.4. The van der Waals surface area contributed by atoms with Gasteiger partial charge in [0.05, 0.1) is 13.0 Å². The van der Waals surface area contributed by atoms with E-state index in [0.29, 0.717) is 12.5 Å². The monoisotopic (exact) mass is 249 g/mol. The first-order valence-electron chi connectivity index (χ1n) is 6.39. The molecule has 0 aromatic heterocycles. The lowest BCUT2D eigenvalue weighted by Crippen LogP contribution is -2.26. The van der Waals surface area contributed by atoms with Crippen LogP contribution in [0, 0.1) is 5.92 Å². The Morgan fingerprint density at radius 1 is 1.39 bits per heavy atom. The van der Waals surface area contributed by atoms with Crippen molar-refractivity contribution in [2.24, 2.45) is 5.92 Å². The summed E-state index contributed by atoms with van der Waals surface area (Å²) in [5.41, 5.74) is 1.28. The third kappa shape index (κ3) is 3.74. The number of benzene rings is 1. The number of hydrogen-bond acceptors (Lipinski definition) is 3. The molecule has 0 saturated carbocycles. The normalized spacial score (nSPS) is 17.9. The van der Waals surface area contributed by atoms with Crippen LogP contribution in [0.1, 0.15) is 18.4 Å². The molecule has 0 radical (unpaired) electrons. The second kappa shape index (κ2) is 6.40. The van der Waals surface area contributed by atoms with Gasteiger partial charge in [0, 0.05) is 6.54 Å². The molecule has 98 valence electrons. The molecule has 0 unspecified atom stereocenters. The Balaban J connectivity index is 1.68. The first-order chi connectivity index (χ1) is 8.75. The minimum absolute atomic E-state index is 0.185. The number of fused-ring (bicyclic) bond motifs is 1. The molecule has 0 amide bonds. The molecule has 0 spiro atoms. The first-order valence-corrected chi connectivity index (χ1v) is 6.39. The molecule has 0 bridgehead atoms. The van der Waals surface area contributed by atoms with Crippen molar-refractivity contribution in [2.45, 2.75) is 19.3 Å². The number of carbonyl (C=O) groups is 1. The molecule has 2 rings (SSSR count). The third-order valence-corrected chi connectivity index (χ3v) is 3.20. The number of nitrogens with one attached hydrogen (secondary N) is 1. The quantitative estimate of drug-likeness (QED) is 0.753. The number of carboxylic acid groups (broad SMARTS) is 1. The summed E-state index contributed by atoms with van der Waals surface area (Å²) < 4.78 is 5.71. The predicted molar refractivity (Wildman–Crippen MR) is 68.9 cm³/mol. The highest BCUT2D eigenvalue weighted by Gasteiger charge is 2.18. The fourth-order valence-corrected chi connectivity index (χ4v) is 2.20. The van der Waals surface area contributed by atoms with Crippen LogP contribution < -0.4 is 10.1 Å². The second-order valence-corrected chi connectivity index (χ2v) is 4.67.